The van der Waals surface area contributed by atoms with Crippen LogP contribution >= 0.6 is 11.6 Å². The number of nitrogens with zero attached hydrogens (tertiary/aromatic N) is 3. The van der Waals surface area contributed by atoms with E-state index in [0.717, 1.165) is 76.8 Å². The van der Waals surface area contributed by atoms with E-state index in [1.165, 1.54) is 0 Å². The fourth-order valence-corrected chi connectivity index (χ4v) is 9.44. The van der Waals surface area contributed by atoms with E-state index in [9.17, 15) is 9.59 Å². The first-order valence-corrected chi connectivity index (χ1v) is 33.8. The molecule has 0 spiro atoms. The van der Waals surface area contributed by atoms with Gasteiger partial charge >= 0.3 is 16.5 Å². The number of ether oxygens (including phenoxy) is 9. The number of benzene rings is 7. The normalized spacial score (nSPS) is 10.3. The molecule has 0 unspecified atom stereocenters. The van der Waals surface area contributed by atoms with E-state index >= 15 is 0 Å². The zero-order valence-corrected chi connectivity index (χ0v) is 63.5. The molecule has 0 aliphatic rings. The molecule has 0 heterocycles. The zero-order chi connectivity index (χ0) is 72.7. The van der Waals surface area contributed by atoms with Gasteiger partial charge in [-0.1, -0.05) is 98.8 Å². The average molecular weight is 1420 g/mol. The van der Waals surface area contributed by atoms with Gasteiger partial charge < -0.3 is 79.4 Å². The van der Waals surface area contributed by atoms with Crippen molar-refractivity contribution >= 4 is 39.8 Å². The molecule has 18 heteroatoms. The maximum absolute atomic E-state index is 12.8. The van der Waals surface area contributed by atoms with Gasteiger partial charge in [-0.25, -0.2) is 0 Å². The molecule has 7 aromatic rings. The number of halogens is 1. The van der Waals surface area contributed by atoms with Crippen LogP contribution in [0.4, 0.5) is 17.1 Å². The maximum Gasteiger partial charge on any atom is 3.00 e. The summed E-state index contributed by atoms with van der Waals surface area (Å²) < 4.78 is 48.3. The van der Waals surface area contributed by atoms with Crippen LogP contribution in [0.25, 0.3) is 22.3 Å². The summed E-state index contributed by atoms with van der Waals surface area (Å²) in [5.74, 6) is 4.04. The minimum Gasteiger partial charge on any atom is -0.522 e. The number of amides is 1. The largest absolute Gasteiger partial charge is 3.00 e. The molecule has 0 aliphatic heterocycles. The number of nitrogens with two attached hydrogens (primary N) is 1. The van der Waals surface area contributed by atoms with Crippen LogP contribution < -0.4 is 44.4 Å². The quantitative estimate of drug-likeness (QED) is 0.0149. The summed E-state index contributed by atoms with van der Waals surface area (Å²) in [6.07, 6.45) is 2.00. The van der Waals surface area contributed by atoms with Crippen LogP contribution in [0.3, 0.4) is 0 Å². The van der Waals surface area contributed by atoms with E-state index in [4.69, 9.17) is 60.0 Å². The van der Waals surface area contributed by atoms with Crippen molar-refractivity contribution < 1.29 is 68.7 Å². The predicted octanol–water partition coefficient (Wildman–Crippen LogP) is 18.4. The minimum atomic E-state index is -0.472. The van der Waals surface area contributed by atoms with Crippen LogP contribution in [0, 0.1) is 20.8 Å². The molecule has 0 bridgehead atoms. The van der Waals surface area contributed by atoms with Crippen molar-refractivity contribution in [1.29, 1.82) is 0 Å². The van der Waals surface area contributed by atoms with Crippen molar-refractivity contribution in [3.05, 3.63) is 196 Å². The number of nitrogens with one attached hydrogen (secondary N) is 1. The Bertz CT molecular complexity index is 3130. The molecule has 7 aromatic carbocycles. The fourth-order valence-electron chi connectivity index (χ4n) is 9.31. The van der Waals surface area contributed by atoms with Gasteiger partial charge in [0.2, 0.25) is 0 Å². The Morgan fingerprint density at radius 3 is 1.20 bits per heavy atom. The smallest absolute Gasteiger partial charge is 0.522 e. The van der Waals surface area contributed by atoms with Crippen LogP contribution in [0.5, 0.6) is 34.5 Å². The minimum absolute atomic E-state index is 0. The number of carbonyl (C=O) groups excluding carboxylic acids is 2. The van der Waals surface area contributed by atoms with E-state index in [-0.39, 0.29) is 22.4 Å². The van der Waals surface area contributed by atoms with E-state index in [1.807, 2.05) is 175 Å². The van der Waals surface area contributed by atoms with E-state index in [2.05, 4.69) is 91.3 Å². The Morgan fingerprint density at radius 2 is 0.837 bits per heavy atom. The topological polar surface area (TPSA) is 165 Å². The molecule has 7 rings (SSSR count). The van der Waals surface area contributed by atoms with Crippen molar-refractivity contribution in [2.45, 2.75) is 133 Å². The van der Waals surface area contributed by atoms with Crippen molar-refractivity contribution in [2.75, 3.05) is 104 Å². The van der Waals surface area contributed by atoms with Gasteiger partial charge in [-0.3, -0.25) is 19.4 Å². The summed E-state index contributed by atoms with van der Waals surface area (Å²) >= 11 is 5.36. The molecular weight excluding hydrogens is 1300 g/mol. The van der Waals surface area contributed by atoms with Gasteiger partial charge in [0, 0.05) is 118 Å². The Balaban J connectivity index is 0.00000121. The fraction of sp³-hybridized carbons (Fsp3) is 0.412. The SMILES string of the molecule is CCOC(OCC)OCC.CNc1ccc(OCCN(C(C)C)C(C)C)c(OC)c1.COc1cc(N)ccc1OCCN(C(C)C)C(C)C.O=C(Cl)c1ccc(-c2ccccc2)cc1.[CH2-]CC.[CH2-]CC.[CH2-]COc1ccc(N(C)C(=O)c2ccc(-c3ccccc3)cc2)cc1OC.[Ni+3]. The average Bonchev–Trinajstić information content (AvgIpc) is 0.829. The molecule has 0 saturated carbocycles. The summed E-state index contributed by atoms with van der Waals surface area (Å²) in [5, 5.41) is 2.67. The molecule has 543 valence electrons. The van der Waals surface area contributed by atoms with Crippen LogP contribution in [0.15, 0.2) is 164 Å². The summed E-state index contributed by atoms with van der Waals surface area (Å²) in [6, 6.07) is 53.7. The second-order valence-electron chi connectivity index (χ2n) is 22.4. The summed E-state index contributed by atoms with van der Waals surface area (Å²) in [7, 11) is 8.48. The van der Waals surface area contributed by atoms with Crippen molar-refractivity contribution in [1.82, 2.24) is 9.80 Å². The molecule has 98 heavy (non-hydrogen) atoms. The van der Waals surface area contributed by atoms with Gasteiger partial charge in [0.25, 0.3) is 17.6 Å². The monoisotopic (exact) mass is 1410 g/mol. The van der Waals surface area contributed by atoms with Gasteiger partial charge in [-0.05, 0) is 177 Å². The number of methoxy groups -OCH3 is 3. The number of carbonyl (C=O) groups is 2. The van der Waals surface area contributed by atoms with Gasteiger partial charge in [-0.2, -0.15) is 12.8 Å². The molecule has 0 atom stereocenters. The van der Waals surface area contributed by atoms with Gasteiger partial charge in [0.1, 0.15) is 13.2 Å². The van der Waals surface area contributed by atoms with E-state index in [1.54, 1.807) is 63.6 Å². The summed E-state index contributed by atoms with van der Waals surface area (Å²) in [6.45, 7) is 42.8. The molecule has 1 radical (unpaired) electrons. The summed E-state index contributed by atoms with van der Waals surface area (Å²) in [5.41, 5.74) is 13.7. The number of anilines is 3. The van der Waals surface area contributed by atoms with Crippen LogP contribution in [0.2, 0.25) is 0 Å². The third-order valence-corrected chi connectivity index (χ3v) is 14.2. The molecule has 16 nitrogen and oxygen atoms in total. The molecule has 1 amide bonds. The first-order chi connectivity index (χ1) is 46.5. The molecular formula is C80H115ClN5NiO11. The number of hydrogen-bond donors (Lipinski definition) is 2. The standard InChI is InChI=1S/C23H22NO3.C16H28N2O2.C15H26N2O2.C13H9ClO.C7H16O3.2C3H7.Ni/c1-4-27-21-15-14-20(16-22(21)26-3)24(2)23(25)19-12-10-18(11-13-19)17-8-6-5-7-9-17;1-12(2)18(13(3)4)9-10-20-15-8-7-14(17-5)11-16(15)19-6;1-11(2)17(12(3)4)8-9-19-14-7-6-13(16)10-15(14)18-5;14-13(15)12-8-6-11(7-9-12)10-4-2-1-3-5-10;1-4-8-7(9-5-2)10-6-3;2*1-3-2;/h5-16H,1,4H2,2-3H3;7-8,11-13,17H,9-10H2,1-6H3;6-7,10-12H,8-9,16H2,1-5H3;1-9H;7H,4-6H2,1-3H3;2*1,3H2,2H3;/q-1;;;;;2*-1;+3. The number of rotatable bonds is 29. The van der Waals surface area contributed by atoms with Gasteiger partial charge in [-0.15, -0.1) is 0 Å². The second kappa shape index (κ2) is 53.6. The maximum atomic E-state index is 12.8. The van der Waals surface area contributed by atoms with Crippen molar-refractivity contribution in [3.8, 4) is 56.8 Å². The van der Waals surface area contributed by atoms with Gasteiger partial charge in [0.05, 0.1) is 21.3 Å². The third kappa shape index (κ3) is 34.9. The molecule has 0 saturated heterocycles. The number of hydrogen-bond acceptors (Lipinski definition) is 15. The van der Waals surface area contributed by atoms with Gasteiger partial charge in [0.15, 0.2) is 34.5 Å². The Kier molecular flexibility index (Phi) is 49.6. The Labute approximate surface area is 605 Å². The van der Waals surface area contributed by atoms with Crippen LogP contribution in [-0.2, 0) is 30.7 Å². The van der Waals surface area contributed by atoms with E-state index in [0.29, 0.717) is 97.9 Å². The first kappa shape index (κ1) is 90.7. The Hall–Kier alpha value is -7.34. The number of nitrogen functional groups attached to an aromatic ring is 1. The predicted molar refractivity (Wildman–Crippen MR) is 405 cm³/mol. The molecule has 3 N–H and O–H groups in total. The van der Waals surface area contributed by atoms with Crippen molar-refractivity contribution in [2.24, 2.45) is 0 Å². The first-order valence-electron chi connectivity index (χ1n) is 33.4. The van der Waals surface area contributed by atoms with Crippen molar-refractivity contribution in [3.63, 3.8) is 0 Å². The molecule has 0 aliphatic carbocycles. The second-order valence-corrected chi connectivity index (χ2v) is 22.8. The molecule has 0 fully saturated rings. The molecule has 0 aromatic heterocycles. The Morgan fingerprint density at radius 1 is 0.480 bits per heavy atom. The zero-order valence-electron chi connectivity index (χ0n) is 61.8. The summed E-state index contributed by atoms with van der Waals surface area (Å²) in [4.78, 5) is 30.1. The van der Waals surface area contributed by atoms with E-state index < -0.39 is 11.7 Å². The van der Waals surface area contributed by atoms with Crippen LogP contribution in [0.1, 0.15) is 124 Å². The third-order valence-electron chi connectivity index (χ3n) is 14.0. The van der Waals surface area contributed by atoms with Crippen LogP contribution in [-0.4, -0.2) is 140 Å².